The van der Waals surface area contributed by atoms with Crippen LogP contribution in [0.15, 0.2) is 24.5 Å². The minimum absolute atomic E-state index is 0.0902. The molecule has 21 heavy (non-hydrogen) atoms. The molecule has 0 saturated carbocycles. The van der Waals surface area contributed by atoms with Crippen molar-refractivity contribution in [3.8, 4) is 0 Å². The van der Waals surface area contributed by atoms with Gasteiger partial charge in [0.15, 0.2) is 0 Å². The molecule has 2 rings (SSSR count). The molecule has 2 heterocycles. The summed E-state index contributed by atoms with van der Waals surface area (Å²) in [5, 5.41) is 10.1. The maximum atomic E-state index is 12.0. The average molecular weight is 287 g/mol. The molecule has 0 fully saturated rings. The van der Waals surface area contributed by atoms with E-state index >= 15 is 0 Å². The predicted molar refractivity (Wildman–Crippen MR) is 80.7 cm³/mol. The van der Waals surface area contributed by atoms with E-state index in [2.05, 4.69) is 20.7 Å². The molecule has 6 heteroatoms. The van der Waals surface area contributed by atoms with Crippen molar-refractivity contribution in [2.45, 2.75) is 33.4 Å². The van der Waals surface area contributed by atoms with Crippen LogP contribution in [0, 0.1) is 13.8 Å². The summed E-state index contributed by atoms with van der Waals surface area (Å²) in [5.41, 5.74) is 4.03. The molecule has 0 unspecified atom stereocenters. The van der Waals surface area contributed by atoms with Crippen LogP contribution in [0.2, 0.25) is 0 Å². The molecular formula is C15H21N5O. The molecule has 0 radical (unpaired) electrons. The second kappa shape index (κ2) is 6.39. The van der Waals surface area contributed by atoms with Gasteiger partial charge in [0.1, 0.15) is 0 Å². The summed E-state index contributed by atoms with van der Waals surface area (Å²) >= 11 is 0. The van der Waals surface area contributed by atoms with Gasteiger partial charge in [0.25, 0.3) is 0 Å². The van der Waals surface area contributed by atoms with E-state index in [1.165, 1.54) is 0 Å². The molecule has 2 aromatic rings. The maximum absolute atomic E-state index is 12.0. The highest BCUT2D eigenvalue weighted by Crippen LogP contribution is 2.20. The smallest absolute Gasteiger partial charge is 0.315 e. The van der Waals surface area contributed by atoms with Crippen LogP contribution in [0.3, 0.4) is 0 Å². The van der Waals surface area contributed by atoms with Crippen LogP contribution in [0.25, 0.3) is 0 Å². The quantitative estimate of drug-likeness (QED) is 0.903. The number of pyridine rings is 1. The lowest BCUT2D eigenvalue weighted by Crippen LogP contribution is -2.37. The molecule has 2 amide bonds. The average Bonchev–Trinajstić information content (AvgIpc) is 2.71. The summed E-state index contributed by atoms with van der Waals surface area (Å²) in [6, 6.07) is 3.48. The van der Waals surface area contributed by atoms with Gasteiger partial charge in [-0.1, -0.05) is 6.07 Å². The Labute approximate surface area is 124 Å². The van der Waals surface area contributed by atoms with E-state index in [9.17, 15) is 4.79 Å². The Kier molecular flexibility index (Phi) is 4.57. The normalized spacial score (nSPS) is 12.0. The SMILES string of the molecule is Cc1nn(C)c(C)c1[C@H](C)NC(=O)NCc1cccnc1. The van der Waals surface area contributed by atoms with Gasteiger partial charge in [-0.15, -0.1) is 0 Å². The van der Waals surface area contributed by atoms with Crippen molar-refractivity contribution in [2.24, 2.45) is 7.05 Å². The van der Waals surface area contributed by atoms with Crippen molar-refractivity contribution < 1.29 is 4.79 Å². The van der Waals surface area contributed by atoms with Gasteiger partial charge in [-0.05, 0) is 32.4 Å². The number of nitrogens with zero attached hydrogens (tertiary/aromatic N) is 3. The molecule has 2 N–H and O–H groups in total. The van der Waals surface area contributed by atoms with Gasteiger partial charge in [0.05, 0.1) is 11.7 Å². The van der Waals surface area contributed by atoms with Gasteiger partial charge in [-0.2, -0.15) is 5.10 Å². The lowest BCUT2D eigenvalue weighted by molar-refractivity contribution is 0.237. The number of aryl methyl sites for hydroxylation is 2. The van der Waals surface area contributed by atoms with Crippen LogP contribution in [0.4, 0.5) is 4.79 Å². The van der Waals surface area contributed by atoms with E-state index in [-0.39, 0.29) is 12.1 Å². The van der Waals surface area contributed by atoms with Crippen molar-refractivity contribution in [2.75, 3.05) is 0 Å². The van der Waals surface area contributed by atoms with Crippen LogP contribution >= 0.6 is 0 Å². The first-order chi connectivity index (χ1) is 9.99. The van der Waals surface area contributed by atoms with Crippen LogP contribution in [-0.2, 0) is 13.6 Å². The Hall–Kier alpha value is -2.37. The molecule has 0 aromatic carbocycles. The van der Waals surface area contributed by atoms with E-state index in [1.54, 1.807) is 12.4 Å². The van der Waals surface area contributed by atoms with E-state index in [1.807, 2.05) is 44.6 Å². The fourth-order valence-electron chi connectivity index (χ4n) is 2.42. The minimum atomic E-state index is -0.200. The minimum Gasteiger partial charge on any atom is -0.334 e. The zero-order valence-electron chi connectivity index (χ0n) is 12.8. The van der Waals surface area contributed by atoms with Crippen LogP contribution in [0.5, 0.6) is 0 Å². The van der Waals surface area contributed by atoms with Crippen molar-refractivity contribution in [1.82, 2.24) is 25.4 Å². The van der Waals surface area contributed by atoms with E-state index < -0.39 is 0 Å². The molecule has 2 aromatic heterocycles. The Balaban J connectivity index is 1.93. The largest absolute Gasteiger partial charge is 0.334 e. The number of amides is 2. The van der Waals surface area contributed by atoms with Gasteiger partial charge in [0, 0.05) is 37.2 Å². The monoisotopic (exact) mass is 287 g/mol. The third kappa shape index (κ3) is 3.59. The Morgan fingerprint density at radius 3 is 2.76 bits per heavy atom. The molecule has 6 nitrogen and oxygen atoms in total. The van der Waals surface area contributed by atoms with Crippen LogP contribution in [-0.4, -0.2) is 20.8 Å². The number of aromatic nitrogens is 3. The topological polar surface area (TPSA) is 71.8 Å². The van der Waals surface area contributed by atoms with Crippen molar-refractivity contribution in [3.63, 3.8) is 0 Å². The first kappa shape index (κ1) is 15.0. The summed E-state index contributed by atoms with van der Waals surface area (Å²) in [5.74, 6) is 0. The molecule has 0 bridgehead atoms. The first-order valence-corrected chi connectivity index (χ1v) is 6.92. The van der Waals surface area contributed by atoms with Gasteiger partial charge in [-0.25, -0.2) is 4.79 Å². The van der Waals surface area contributed by atoms with E-state index in [4.69, 9.17) is 0 Å². The zero-order chi connectivity index (χ0) is 15.4. The zero-order valence-corrected chi connectivity index (χ0v) is 12.8. The number of hydrogen-bond acceptors (Lipinski definition) is 3. The highest BCUT2D eigenvalue weighted by Gasteiger charge is 2.17. The van der Waals surface area contributed by atoms with Gasteiger partial charge in [0.2, 0.25) is 0 Å². The highest BCUT2D eigenvalue weighted by molar-refractivity contribution is 5.74. The number of carbonyl (C=O) groups excluding carboxylic acids is 1. The molecule has 0 saturated heterocycles. The number of urea groups is 1. The third-order valence-corrected chi connectivity index (χ3v) is 3.52. The standard InChI is InChI=1S/C15H21N5O/c1-10(14-11(2)19-20(4)12(14)3)18-15(21)17-9-13-6-5-7-16-8-13/h5-8,10H,9H2,1-4H3,(H2,17,18,21)/t10-/m0/s1. The van der Waals surface area contributed by atoms with Crippen molar-refractivity contribution in [3.05, 3.63) is 47.0 Å². The Morgan fingerprint density at radius 2 is 2.19 bits per heavy atom. The second-order valence-corrected chi connectivity index (χ2v) is 5.12. The summed E-state index contributed by atoms with van der Waals surface area (Å²) in [4.78, 5) is 16.0. The molecule has 112 valence electrons. The summed E-state index contributed by atoms with van der Waals surface area (Å²) in [7, 11) is 1.90. The van der Waals surface area contributed by atoms with Crippen LogP contribution < -0.4 is 10.6 Å². The first-order valence-electron chi connectivity index (χ1n) is 6.92. The number of hydrogen-bond donors (Lipinski definition) is 2. The lowest BCUT2D eigenvalue weighted by Gasteiger charge is -2.15. The van der Waals surface area contributed by atoms with Gasteiger partial charge < -0.3 is 10.6 Å². The number of carbonyl (C=O) groups is 1. The van der Waals surface area contributed by atoms with Gasteiger partial charge in [-0.3, -0.25) is 9.67 Å². The summed E-state index contributed by atoms with van der Waals surface area (Å²) < 4.78 is 1.83. The molecule has 0 aliphatic rings. The summed E-state index contributed by atoms with van der Waals surface area (Å²) in [6.45, 7) is 6.37. The van der Waals surface area contributed by atoms with Crippen molar-refractivity contribution >= 4 is 6.03 Å². The Morgan fingerprint density at radius 1 is 1.43 bits per heavy atom. The fraction of sp³-hybridized carbons (Fsp3) is 0.400. The number of nitrogens with one attached hydrogen (secondary N) is 2. The lowest BCUT2D eigenvalue weighted by atomic mass is 10.1. The molecular weight excluding hydrogens is 266 g/mol. The highest BCUT2D eigenvalue weighted by atomic mass is 16.2. The second-order valence-electron chi connectivity index (χ2n) is 5.12. The molecule has 0 spiro atoms. The predicted octanol–water partition coefficient (Wildman–Crippen LogP) is 1.99. The fourth-order valence-corrected chi connectivity index (χ4v) is 2.42. The van der Waals surface area contributed by atoms with E-state index in [0.29, 0.717) is 6.54 Å². The molecule has 0 aliphatic heterocycles. The molecule has 1 atom stereocenters. The van der Waals surface area contributed by atoms with Crippen molar-refractivity contribution in [1.29, 1.82) is 0 Å². The van der Waals surface area contributed by atoms with E-state index in [0.717, 1.165) is 22.5 Å². The summed E-state index contributed by atoms with van der Waals surface area (Å²) in [6.07, 6.45) is 3.44. The van der Waals surface area contributed by atoms with Crippen LogP contribution in [0.1, 0.15) is 35.5 Å². The molecule has 0 aliphatic carbocycles. The number of rotatable bonds is 4. The maximum Gasteiger partial charge on any atom is 0.315 e. The third-order valence-electron chi connectivity index (χ3n) is 3.52. The van der Waals surface area contributed by atoms with Gasteiger partial charge >= 0.3 is 6.03 Å². The Bertz CT molecular complexity index is 620.